The third-order valence-corrected chi connectivity index (χ3v) is 1.84. The zero-order chi connectivity index (χ0) is 12.0. The van der Waals surface area contributed by atoms with E-state index in [-0.39, 0.29) is 5.76 Å². The van der Waals surface area contributed by atoms with Gasteiger partial charge >= 0.3 is 12.2 Å². The van der Waals surface area contributed by atoms with Crippen molar-refractivity contribution in [2.45, 2.75) is 13.0 Å². The number of esters is 1. The summed E-state index contributed by atoms with van der Waals surface area (Å²) in [7, 11) is 0. The van der Waals surface area contributed by atoms with Crippen molar-refractivity contribution in [1.29, 1.82) is 5.39 Å². The van der Waals surface area contributed by atoms with Gasteiger partial charge in [0.1, 0.15) is 0 Å². The first kappa shape index (κ1) is 11.7. The summed E-state index contributed by atoms with van der Waals surface area (Å²) >= 11 is 0. The maximum atomic E-state index is 10.9. The van der Waals surface area contributed by atoms with Crippen LogP contribution in [0.2, 0.25) is 0 Å². The summed E-state index contributed by atoms with van der Waals surface area (Å²) in [5, 5.41) is 17.9. The Bertz CT molecular complexity index is 434. The molecular weight excluding hydrogens is 208 g/mol. The van der Waals surface area contributed by atoms with E-state index in [1.54, 1.807) is 30.3 Å². The predicted molar refractivity (Wildman–Crippen MR) is 56.7 cm³/mol. The van der Waals surface area contributed by atoms with Crippen molar-refractivity contribution in [3.8, 4) is 0 Å². The molecule has 0 heterocycles. The first-order valence-corrected chi connectivity index (χ1v) is 4.60. The number of aliphatic hydroxyl groups is 1. The third kappa shape index (κ3) is 3.10. The fraction of sp³-hybridized carbons (Fsp3) is 0.182. The molecule has 0 saturated carbocycles. The van der Waals surface area contributed by atoms with Crippen LogP contribution >= 0.6 is 0 Å². The zero-order valence-corrected chi connectivity index (χ0v) is 8.70. The van der Waals surface area contributed by atoms with Crippen LogP contribution in [0.15, 0.2) is 42.3 Å². The molecule has 0 aliphatic heterocycles. The number of hydrogen-bond donors (Lipinski definition) is 1. The normalized spacial score (nSPS) is 12.6. The van der Waals surface area contributed by atoms with E-state index in [2.05, 4.69) is 4.98 Å². The first-order chi connectivity index (χ1) is 7.65. The molecule has 16 heavy (non-hydrogen) atoms. The molecule has 0 spiro atoms. The Morgan fingerprint density at radius 2 is 2.12 bits per heavy atom. The van der Waals surface area contributed by atoms with E-state index in [0.717, 1.165) is 6.20 Å². The van der Waals surface area contributed by atoms with Gasteiger partial charge in [-0.3, -0.25) is 4.79 Å². The fourth-order valence-electron chi connectivity index (χ4n) is 1.22. The van der Waals surface area contributed by atoms with Crippen LogP contribution in [0.3, 0.4) is 0 Å². The fourth-order valence-corrected chi connectivity index (χ4v) is 1.22. The molecule has 1 N–H and O–H groups in total. The van der Waals surface area contributed by atoms with Crippen LogP contribution < -0.4 is 0 Å². The molecule has 1 atom stereocenters. The molecular formula is C11H11N2O3+. The molecule has 1 rings (SSSR count). The summed E-state index contributed by atoms with van der Waals surface area (Å²) in [5.74, 6) is -0.879. The molecule has 0 radical (unpaired) electrons. The molecule has 1 aromatic rings. The van der Waals surface area contributed by atoms with Gasteiger partial charge in [0.2, 0.25) is 11.2 Å². The van der Waals surface area contributed by atoms with Crippen LogP contribution in [0.25, 0.3) is 4.98 Å². The molecule has 1 aromatic carbocycles. The average molecular weight is 219 g/mol. The highest BCUT2D eigenvalue weighted by molar-refractivity contribution is 5.66. The topological polar surface area (TPSA) is 74.7 Å². The maximum Gasteiger partial charge on any atom is 0.391 e. The molecule has 0 aliphatic rings. The molecule has 82 valence electrons. The van der Waals surface area contributed by atoms with Gasteiger partial charge in [-0.2, -0.15) is 0 Å². The summed E-state index contributed by atoms with van der Waals surface area (Å²) in [5.41, 5.74) is 0.593. The van der Waals surface area contributed by atoms with Crippen LogP contribution in [-0.2, 0) is 9.53 Å². The molecule has 5 heteroatoms. The van der Waals surface area contributed by atoms with Gasteiger partial charge in [-0.15, -0.1) is 0 Å². The number of carbonyl (C=O) groups excluding carboxylic acids is 1. The van der Waals surface area contributed by atoms with Crippen molar-refractivity contribution in [3.05, 3.63) is 52.8 Å². The van der Waals surface area contributed by atoms with Crippen molar-refractivity contribution in [2.75, 3.05) is 0 Å². The lowest BCUT2D eigenvalue weighted by molar-refractivity contribution is -0.146. The van der Waals surface area contributed by atoms with Crippen molar-refractivity contribution in [3.63, 3.8) is 0 Å². The zero-order valence-electron chi connectivity index (χ0n) is 8.70. The van der Waals surface area contributed by atoms with Gasteiger partial charge < -0.3 is 9.84 Å². The minimum Gasteiger partial charge on any atom is -0.503 e. The highest BCUT2D eigenvalue weighted by Crippen LogP contribution is 2.24. The van der Waals surface area contributed by atoms with E-state index in [4.69, 9.17) is 10.1 Å². The van der Waals surface area contributed by atoms with E-state index >= 15 is 0 Å². The number of ether oxygens (including phenoxy) is 1. The summed E-state index contributed by atoms with van der Waals surface area (Å²) in [6.07, 6.45) is -0.129. The van der Waals surface area contributed by atoms with Gasteiger partial charge in [0, 0.05) is 12.5 Å². The second-order valence-corrected chi connectivity index (χ2v) is 3.07. The molecule has 0 bridgehead atoms. The minimum absolute atomic E-state index is 0.344. The molecule has 0 fully saturated rings. The Morgan fingerprint density at radius 3 is 2.62 bits per heavy atom. The molecule has 0 saturated heterocycles. The van der Waals surface area contributed by atoms with E-state index in [0.29, 0.717) is 5.56 Å². The number of nitrogens with zero attached hydrogens (tertiary/aromatic N) is 2. The Kier molecular flexibility index (Phi) is 4.04. The number of aliphatic hydroxyl groups excluding tert-OH is 1. The number of diazo groups is 1. The third-order valence-electron chi connectivity index (χ3n) is 1.84. The number of benzene rings is 1. The smallest absolute Gasteiger partial charge is 0.391 e. The Labute approximate surface area is 92.6 Å². The molecule has 5 nitrogen and oxygen atoms in total. The molecule has 0 amide bonds. The summed E-state index contributed by atoms with van der Waals surface area (Å²) in [4.78, 5) is 13.6. The summed E-state index contributed by atoms with van der Waals surface area (Å²) in [6, 6.07) is 8.67. The monoisotopic (exact) mass is 219 g/mol. The SMILES string of the molecule is CC(=O)OC(/C(O)=C/[N+]#N)c1ccccc1. The standard InChI is InChI=1S/C11H10N2O3/c1-8(14)16-11(10(15)7-13-12)9-5-3-2-4-6-9/h2-7,11H,1H3/p+1/b10-7-. The number of rotatable bonds is 3. The van der Waals surface area contributed by atoms with Crippen molar-refractivity contribution in [1.82, 2.24) is 0 Å². The second kappa shape index (κ2) is 5.51. The van der Waals surface area contributed by atoms with Crippen LogP contribution in [-0.4, -0.2) is 11.1 Å². The second-order valence-electron chi connectivity index (χ2n) is 3.07. The van der Waals surface area contributed by atoms with Crippen LogP contribution in [0.4, 0.5) is 0 Å². The van der Waals surface area contributed by atoms with Gasteiger partial charge in [-0.05, 0) is 0 Å². The lowest BCUT2D eigenvalue weighted by atomic mass is 10.1. The Morgan fingerprint density at radius 1 is 1.50 bits per heavy atom. The summed E-state index contributed by atoms with van der Waals surface area (Å²) in [6.45, 7) is 1.24. The average Bonchev–Trinajstić information content (AvgIpc) is 2.27. The quantitative estimate of drug-likeness (QED) is 0.481. The number of hydrogen-bond acceptors (Lipinski definition) is 4. The Hall–Kier alpha value is -2.35. The van der Waals surface area contributed by atoms with Crippen LogP contribution in [0, 0.1) is 5.39 Å². The van der Waals surface area contributed by atoms with E-state index in [1.807, 2.05) is 0 Å². The van der Waals surface area contributed by atoms with E-state index in [9.17, 15) is 9.90 Å². The van der Waals surface area contributed by atoms with Crippen LogP contribution in [0.1, 0.15) is 18.6 Å². The van der Waals surface area contributed by atoms with Crippen LogP contribution in [0.5, 0.6) is 0 Å². The lowest BCUT2D eigenvalue weighted by Crippen LogP contribution is -2.10. The largest absolute Gasteiger partial charge is 0.503 e. The van der Waals surface area contributed by atoms with Gasteiger partial charge in [-0.1, -0.05) is 30.3 Å². The van der Waals surface area contributed by atoms with Gasteiger partial charge in [0.05, 0.1) is 0 Å². The highest BCUT2D eigenvalue weighted by Gasteiger charge is 2.22. The van der Waals surface area contributed by atoms with Gasteiger partial charge in [-0.25, -0.2) is 0 Å². The van der Waals surface area contributed by atoms with Gasteiger partial charge in [0.25, 0.3) is 0 Å². The maximum absolute atomic E-state index is 10.9. The van der Waals surface area contributed by atoms with Crippen molar-refractivity contribution >= 4 is 5.97 Å². The van der Waals surface area contributed by atoms with Gasteiger partial charge in [0.15, 0.2) is 11.1 Å². The van der Waals surface area contributed by atoms with E-state index < -0.39 is 12.1 Å². The molecule has 0 aliphatic carbocycles. The van der Waals surface area contributed by atoms with E-state index in [1.165, 1.54) is 6.92 Å². The van der Waals surface area contributed by atoms with Crippen molar-refractivity contribution < 1.29 is 14.6 Å². The summed E-state index contributed by atoms with van der Waals surface area (Å²) < 4.78 is 4.92. The minimum atomic E-state index is -0.949. The predicted octanol–water partition coefficient (Wildman–Crippen LogP) is 2.54. The molecule has 1 unspecified atom stereocenters. The first-order valence-electron chi connectivity index (χ1n) is 4.60. The highest BCUT2D eigenvalue weighted by atomic mass is 16.6. The molecule has 0 aromatic heterocycles. The number of carbonyl (C=O) groups is 1. The lowest BCUT2D eigenvalue weighted by Gasteiger charge is -2.14. The Balaban J connectivity index is 3.02. The van der Waals surface area contributed by atoms with Crippen molar-refractivity contribution in [2.24, 2.45) is 0 Å².